The van der Waals surface area contributed by atoms with Crippen molar-refractivity contribution in [1.82, 2.24) is 15.1 Å². The molecular formula is C18H17FN4O. The first-order valence-corrected chi connectivity index (χ1v) is 8.00. The summed E-state index contributed by atoms with van der Waals surface area (Å²) in [6.45, 7) is 1.78. The lowest BCUT2D eigenvalue weighted by molar-refractivity contribution is 0.425. The van der Waals surface area contributed by atoms with Gasteiger partial charge in [-0.1, -0.05) is 11.2 Å². The average molecular weight is 324 g/mol. The first kappa shape index (κ1) is 14.8. The molecule has 122 valence electrons. The van der Waals surface area contributed by atoms with Gasteiger partial charge in [0.05, 0.1) is 6.04 Å². The molecule has 1 aliphatic rings. The van der Waals surface area contributed by atoms with E-state index < -0.39 is 0 Å². The van der Waals surface area contributed by atoms with Crippen molar-refractivity contribution in [3.8, 4) is 11.5 Å². The Balaban J connectivity index is 1.62. The number of rotatable bonds is 3. The molecule has 0 saturated heterocycles. The number of nitrogens with one attached hydrogen (secondary N) is 1. The Bertz CT molecular complexity index is 877. The molecule has 1 atom stereocenters. The molecule has 4 rings (SSSR count). The van der Waals surface area contributed by atoms with Crippen molar-refractivity contribution in [2.75, 3.05) is 5.32 Å². The molecule has 0 spiro atoms. The highest BCUT2D eigenvalue weighted by Gasteiger charge is 2.21. The molecule has 3 aromatic rings. The molecule has 1 aromatic carbocycles. The van der Waals surface area contributed by atoms with Crippen molar-refractivity contribution in [3.63, 3.8) is 0 Å². The summed E-state index contributed by atoms with van der Waals surface area (Å²) >= 11 is 0. The van der Waals surface area contributed by atoms with E-state index in [2.05, 4.69) is 20.4 Å². The van der Waals surface area contributed by atoms with E-state index in [9.17, 15) is 4.39 Å². The number of halogens is 1. The first-order chi connectivity index (χ1) is 11.7. The Morgan fingerprint density at radius 2 is 2.17 bits per heavy atom. The van der Waals surface area contributed by atoms with E-state index in [4.69, 9.17) is 4.52 Å². The Morgan fingerprint density at radius 3 is 3.00 bits per heavy atom. The van der Waals surface area contributed by atoms with E-state index in [-0.39, 0.29) is 11.9 Å². The number of anilines is 1. The largest absolute Gasteiger partial charge is 0.363 e. The molecule has 24 heavy (non-hydrogen) atoms. The van der Waals surface area contributed by atoms with Crippen LogP contribution < -0.4 is 5.32 Å². The third-order valence-electron chi connectivity index (χ3n) is 4.28. The Labute approximate surface area is 138 Å². The minimum atomic E-state index is -0.203. The van der Waals surface area contributed by atoms with Crippen LogP contribution in [0.5, 0.6) is 0 Å². The standard InChI is InChI=1S/C18H17FN4O/c1-11-21-18(24-23-11)13-7-8-20-17(9-13)22-16-4-2-3-12-5-6-14(19)10-15(12)16/h5-10,16H,2-4H2,1H3,(H,20,22). The van der Waals surface area contributed by atoms with Crippen molar-refractivity contribution >= 4 is 5.82 Å². The maximum Gasteiger partial charge on any atom is 0.258 e. The van der Waals surface area contributed by atoms with Gasteiger partial charge in [0, 0.05) is 11.8 Å². The van der Waals surface area contributed by atoms with Crippen LogP contribution >= 0.6 is 0 Å². The quantitative estimate of drug-likeness (QED) is 0.787. The Kier molecular flexibility index (Phi) is 3.72. The summed E-state index contributed by atoms with van der Waals surface area (Å²) in [5, 5.41) is 7.22. The number of hydrogen-bond acceptors (Lipinski definition) is 5. The van der Waals surface area contributed by atoms with Gasteiger partial charge in [-0.3, -0.25) is 0 Å². The van der Waals surface area contributed by atoms with Gasteiger partial charge >= 0.3 is 0 Å². The van der Waals surface area contributed by atoms with Gasteiger partial charge in [-0.25, -0.2) is 9.37 Å². The fraction of sp³-hybridized carbons (Fsp3) is 0.278. The fourth-order valence-corrected chi connectivity index (χ4v) is 3.16. The highest BCUT2D eigenvalue weighted by molar-refractivity contribution is 5.58. The number of benzene rings is 1. The summed E-state index contributed by atoms with van der Waals surface area (Å²) < 4.78 is 18.8. The smallest absolute Gasteiger partial charge is 0.258 e. The summed E-state index contributed by atoms with van der Waals surface area (Å²) in [6.07, 6.45) is 4.70. The summed E-state index contributed by atoms with van der Waals surface area (Å²) in [7, 11) is 0. The molecule has 0 saturated carbocycles. The molecule has 0 fully saturated rings. The van der Waals surface area contributed by atoms with Crippen LogP contribution in [0.2, 0.25) is 0 Å². The maximum absolute atomic E-state index is 13.6. The summed E-state index contributed by atoms with van der Waals surface area (Å²) in [4.78, 5) is 8.60. The normalized spacial score (nSPS) is 16.7. The van der Waals surface area contributed by atoms with E-state index in [0.29, 0.717) is 17.5 Å². The molecule has 1 N–H and O–H groups in total. The van der Waals surface area contributed by atoms with E-state index in [1.165, 1.54) is 11.6 Å². The number of hydrogen-bond donors (Lipinski definition) is 1. The van der Waals surface area contributed by atoms with Crippen LogP contribution in [0.25, 0.3) is 11.5 Å². The van der Waals surface area contributed by atoms with Gasteiger partial charge in [0.15, 0.2) is 5.82 Å². The van der Waals surface area contributed by atoms with Crippen LogP contribution in [0.1, 0.15) is 35.8 Å². The topological polar surface area (TPSA) is 63.8 Å². The van der Waals surface area contributed by atoms with Crippen LogP contribution in [0, 0.1) is 12.7 Å². The fourth-order valence-electron chi connectivity index (χ4n) is 3.16. The lowest BCUT2D eigenvalue weighted by atomic mass is 9.87. The molecule has 5 nitrogen and oxygen atoms in total. The van der Waals surface area contributed by atoms with Crippen LogP contribution in [0.15, 0.2) is 41.1 Å². The maximum atomic E-state index is 13.6. The zero-order valence-electron chi connectivity index (χ0n) is 13.3. The average Bonchev–Trinajstić information content (AvgIpc) is 3.02. The van der Waals surface area contributed by atoms with Gasteiger partial charge in [-0.2, -0.15) is 4.98 Å². The van der Waals surface area contributed by atoms with Crippen molar-refractivity contribution in [3.05, 3.63) is 59.3 Å². The molecule has 1 aliphatic carbocycles. The van der Waals surface area contributed by atoms with Gasteiger partial charge in [-0.05, 0) is 61.6 Å². The van der Waals surface area contributed by atoms with Gasteiger partial charge in [-0.15, -0.1) is 0 Å². The zero-order valence-corrected chi connectivity index (χ0v) is 13.3. The minimum absolute atomic E-state index is 0.0524. The third-order valence-corrected chi connectivity index (χ3v) is 4.28. The molecule has 1 unspecified atom stereocenters. The molecule has 2 aromatic heterocycles. The van der Waals surface area contributed by atoms with Crippen molar-refractivity contribution in [2.24, 2.45) is 0 Å². The molecule has 0 bridgehead atoms. The van der Waals surface area contributed by atoms with Crippen molar-refractivity contribution in [2.45, 2.75) is 32.2 Å². The van der Waals surface area contributed by atoms with E-state index in [0.717, 1.165) is 30.4 Å². The molecular weight excluding hydrogens is 307 g/mol. The van der Waals surface area contributed by atoms with Crippen LogP contribution in [-0.4, -0.2) is 15.1 Å². The summed E-state index contributed by atoms with van der Waals surface area (Å²) in [5.41, 5.74) is 3.02. The van der Waals surface area contributed by atoms with Crippen LogP contribution in [-0.2, 0) is 6.42 Å². The van der Waals surface area contributed by atoms with Gasteiger partial charge in [0.2, 0.25) is 0 Å². The molecule has 6 heteroatoms. The van der Waals surface area contributed by atoms with Gasteiger partial charge < -0.3 is 9.84 Å². The number of aryl methyl sites for hydroxylation is 2. The second-order valence-corrected chi connectivity index (χ2v) is 6.01. The van der Waals surface area contributed by atoms with E-state index in [1.54, 1.807) is 19.2 Å². The number of fused-ring (bicyclic) bond motifs is 1. The predicted octanol–water partition coefficient (Wildman–Crippen LogP) is 4.07. The van der Waals surface area contributed by atoms with E-state index in [1.807, 2.05) is 18.2 Å². The van der Waals surface area contributed by atoms with Gasteiger partial charge in [0.25, 0.3) is 5.89 Å². The van der Waals surface area contributed by atoms with Crippen molar-refractivity contribution in [1.29, 1.82) is 0 Å². The summed E-state index contributed by atoms with van der Waals surface area (Å²) in [5.74, 6) is 1.57. The molecule has 0 aliphatic heterocycles. The Morgan fingerprint density at radius 1 is 1.25 bits per heavy atom. The number of nitrogens with zero attached hydrogens (tertiary/aromatic N) is 3. The number of aromatic nitrogens is 3. The second-order valence-electron chi connectivity index (χ2n) is 6.01. The van der Waals surface area contributed by atoms with Crippen LogP contribution in [0.3, 0.4) is 0 Å². The van der Waals surface area contributed by atoms with Gasteiger partial charge in [0.1, 0.15) is 11.6 Å². The lowest BCUT2D eigenvalue weighted by Crippen LogP contribution is -2.18. The van der Waals surface area contributed by atoms with Crippen LogP contribution in [0.4, 0.5) is 10.2 Å². The van der Waals surface area contributed by atoms with Crippen molar-refractivity contribution < 1.29 is 8.91 Å². The molecule has 2 heterocycles. The first-order valence-electron chi connectivity index (χ1n) is 8.00. The zero-order chi connectivity index (χ0) is 16.5. The summed E-state index contributed by atoms with van der Waals surface area (Å²) in [6, 6.07) is 8.78. The minimum Gasteiger partial charge on any atom is -0.363 e. The molecule has 0 radical (unpaired) electrons. The lowest BCUT2D eigenvalue weighted by Gasteiger charge is -2.27. The Hall–Kier alpha value is -2.76. The highest BCUT2D eigenvalue weighted by Crippen LogP contribution is 2.33. The second kappa shape index (κ2) is 6.03. The monoisotopic (exact) mass is 324 g/mol. The highest BCUT2D eigenvalue weighted by atomic mass is 19.1. The number of pyridine rings is 1. The SMILES string of the molecule is Cc1noc(-c2ccnc(NC3CCCc4ccc(F)cc43)c2)n1. The third kappa shape index (κ3) is 2.87. The predicted molar refractivity (Wildman–Crippen MR) is 88.0 cm³/mol. The molecule has 0 amide bonds. The van der Waals surface area contributed by atoms with E-state index >= 15 is 0 Å².